The van der Waals surface area contributed by atoms with Crippen LogP contribution in [0.4, 0.5) is 11.5 Å². The maximum atomic E-state index is 6.05. The van der Waals surface area contributed by atoms with Crippen LogP contribution in [0.3, 0.4) is 0 Å². The number of hydrogen-bond acceptors (Lipinski definition) is 3. The molecule has 0 saturated heterocycles. The molecule has 1 heterocycles. The van der Waals surface area contributed by atoms with Gasteiger partial charge in [0.05, 0.1) is 0 Å². The first kappa shape index (κ1) is 15.0. The van der Waals surface area contributed by atoms with Crippen LogP contribution in [0.5, 0.6) is 0 Å². The second-order valence-corrected chi connectivity index (χ2v) is 7.19. The lowest BCUT2D eigenvalue weighted by Crippen LogP contribution is -2.17. The number of benzene rings is 1. The fourth-order valence-corrected chi connectivity index (χ4v) is 3.13. The Labute approximate surface area is 142 Å². The van der Waals surface area contributed by atoms with Gasteiger partial charge in [0.15, 0.2) is 0 Å². The van der Waals surface area contributed by atoms with Crippen molar-refractivity contribution in [1.29, 1.82) is 0 Å². The zero-order valence-corrected chi connectivity index (χ0v) is 13.9. The van der Waals surface area contributed by atoms with Crippen LogP contribution in [0.1, 0.15) is 42.7 Å². The van der Waals surface area contributed by atoms with Gasteiger partial charge in [-0.3, -0.25) is 0 Å². The van der Waals surface area contributed by atoms with E-state index in [1.807, 2.05) is 30.5 Å². The Kier molecular flexibility index (Phi) is 4.23. The topological polar surface area (TPSA) is 37.0 Å². The van der Waals surface area contributed by atoms with Gasteiger partial charge in [0.25, 0.3) is 0 Å². The summed E-state index contributed by atoms with van der Waals surface area (Å²) < 4.78 is 0. The Morgan fingerprint density at radius 1 is 1.13 bits per heavy atom. The zero-order chi connectivity index (χ0) is 15.6. The molecule has 4 heteroatoms. The van der Waals surface area contributed by atoms with Crippen molar-refractivity contribution in [3.05, 3.63) is 52.7 Å². The van der Waals surface area contributed by atoms with Gasteiger partial charge in [0.2, 0.25) is 0 Å². The van der Waals surface area contributed by atoms with Crippen molar-refractivity contribution in [1.82, 2.24) is 10.3 Å². The molecule has 2 fully saturated rings. The van der Waals surface area contributed by atoms with E-state index in [2.05, 4.69) is 21.7 Å². The van der Waals surface area contributed by atoms with Crippen LogP contribution in [0.2, 0.25) is 5.02 Å². The first-order valence-corrected chi connectivity index (χ1v) is 8.88. The first-order chi connectivity index (χ1) is 11.3. The highest BCUT2D eigenvalue weighted by Crippen LogP contribution is 2.42. The van der Waals surface area contributed by atoms with Gasteiger partial charge in [0, 0.05) is 23.5 Å². The molecule has 120 valence electrons. The molecule has 4 rings (SSSR count). The van der Waals surface area contributed by atoms with E-state index in [-0.39, 0.29) is 0 Å². The molecule has 0 amide bonds. The Balaban J connectivity index is 1.48. The molecule has 2 saturated carbocycles. The molecule has 3 nitrogen and oxygen atoms in total. The summed E-state index contributed by atoms with van der Waals surface area (Å²) in [5.41, 5.74) is 3.78. The number of rotatable bonds is 7. The quantitative estimate of drug-likeness (QED) is 0.762. The van der Waals surface area contributed by atoms with Crippen molar-refractivity contribution in [3.63, 3.8) is 0 Å². The standard InChI is InChI=1S/C19H22ClN3/c20-16-2-1-3-17(8-16)23-19-9-18(14-6-7-14)15(12-22-19)11-21-10-13-4-5-13/h1-3,8-9,12-14,21H,4-7,10-11H2,(H,22,23). The third-order valence-corrected chi connectivity index (χ3v) is 4.82. The lowest BCUT2D eigenvalue weighted by atomic mass is 10.1. The van der Waals surface area contributed by atoms with Gasteiger partial charge in [-0.2, -0.15) is 0 Å². The van der Waals surface area contributed by atoms with Crippen LogP contribution in [-0.4, -0.2) is 11.5 Å². The summed E-state index contributed by atoms with van der Waals surface area (Å²) >= 11 is 6.05. The monoisotopic (exact) mass is 327 g/mol. The summed E-state index contributed by atoms with van der Waals surface area (Å²) in [4.78, 5) is 4.59. The molecule has 0 atom stereocenters. The Hall–Kier alpha value is -1.58. The number of hydrogen-bond donors (Lipinski definition) is 2. The molecular formula is C19H22ClN3. The number of halogens is 1. The fraction of sp³-hybridized carbons (Fsp3) is 0.421. The first-order valence-electron chi connectivity index (χ1n) is 8.50. The van der Waals surface area contributed by atoms with E-state index >= 15 is 0 Å². The summed E-state index contributed by atoms with van der Waals surface area (Å²) in [5.74, 6) is 2.53. The largest absolute Gasteiger partial charge is 0.340 e. The molecule has 2 aliphatic carbocycles. The van der Waals surface area contributed by atoms with Crippen LogP contribution in [0.25, 0.3) is 0 Å². The lowest BCUT2D eigenvalue weighted by Gasteiger charge is -2.13. The van der Waals surface area contributed by atoms with Crippen molar-refractivity contribution in [2.24, 2.45) is 5.92 Å². The maximum absolute atomic E-state index is 6.05. The van der Waals surface area contributed by atoms with E-state index in [1.165, 1.54) is 36.8 Å². The minimum absolute atomic E-state index is 0.718. The zero-order valence-electron chi connectivity index (χ0n) is 13.2. The molecule has 2 N–H and O–H groups in total. The molecular weight excluding hydrogens is 306 g/mol. The summed E-state index contributed by atoms with van der Waals surface area (Å²) in [6.45, 7) is 2.08. The molecule has 0 aliphatic heterocycles. The minimum Gasteiger partial charge on any atom is -0.340 e. The normalized spacial score (nSPS) is 17.3. The number of nitrogens with one attached hydrogen (secondary N) is 2. The number of anilines is 2. The van der Waals surface area contributed by atoms with E-state index in [0.717, 1.165) is 41.5 Å². The average molecular weight is 328 g/mol. The molecule has 0 spiro atoms. The number of nitrogens with zero attached hydrogens (tertiary/aromatic N) is 1. The highest BCUT2D eigenvalue weighted by atomic mass is 35.5. The van der Waals surface area contributed by atoms with Crippen molar-refractivity contribution >= 4 is 23.1 Å². The highest BCUT2D eigenvalue weighted by molar-refractivity contribution is 6.30. The van der Waals surface area contributed by atoms with Crippen LogP contribution in [-0.2, 0) is 6.54 Å². The Morgan fingerprint density at radius 3 is 2.74 bits per heavy atom. The second-order valence-electron chi connectivity index (χ2n) is 6.75. The van der Waals surface area contributed by atoms with Gasteiger partial charge in [0.1, 0.15) is 5.82 Å². The van der Waals surface area contributed by atoms with Crippen molar-refractivity contribution in [3.8, 4) is 0 Å². The summed E-state index contributed by atoms with van der Waals surface area (Å²) in [6, 6.07) is 9.97. The van der Waals surface area contributed by atoms with Gasteiger partial charge in [-0.1, -0.05) is 17.7 Å². The van der Waals surface area contributed by atoms with Gasteiger partial charge < -0.3 is 10.6 Å². The lowest BCUT2D eigenvalue weighted by molar-refractivity contribution is 0.634. The van der Waals surface area contributed by atoms with E-state index in [4.69, 9.17) is 11.6 Å². The van der Waals surface area contributed by atoms with E-state index in [9.17, 15) is 0 Å². The van der Waals surface area contributed by atoms with Crippen LogP contribution < -0.4 is 10.6 Å². The second kappa shape index (κ2) is 6.50. The molecule has 0 bridgehead atoms. The van der Waals surface area contributed by atoms with E-state index in [1.54, 1.807) is 0 Å². The Bertz CT molecular complexity index is 693. The minimum atomic E-state index is 0.718. The molecule has 2 aromatic rings. The maximum Gasteiger partial charge on any atom is 0.130 e. The number of pyridine rings is 1. The smallest absolute Gasteiger partial charge is 0.130 e. The highest BCUT2D eigenvalue weighted by Gasteiger charge is 2.27. The third-order valence-electron chi connectivity index (χ3n) is 4.58. The molecule has 23 heavy (non-hydrogen) atoms. The molecule has 0 radical (unpaired) electrons. The summed E-state index contributed by atoms with van der Waals surface area (Å²) in [5, 5.41) is 7.68. The molecule has 1 aromatic carbocycles. The van der Waals surface area contributed by atoms with Gasteiger partial charge in [-0.15, -0.1) is 0 Å². The molecule has 2 aliphatic rings. The SMILES string of the molecule is Clc1cccc(Nc2cc(C3CC3)c(CNCC3CC3)cn2)c1. The van der Waals surface area contributed by atoms with E-state index < -0.39 is 0 Å². The summed E-state index contributed by atoms with van der Waals surface area (Å²) in [7, 11) is 0. The fourth-order valence-electron chi connectivity index (χ4n) is 2.94. The van der Waals surface area contributed by atoms with Crippen molar-refractivity contribution < 1.29 is 0 Å². The van der Waals surface area contributed by atoms with Gasteiger partial charge in [-0.05, 0) is 79.5 Å². The average Bonchev–Trinajstić information content (AvgIpc) is 3.43. The Morgan fingerprint density at radius 2 is 2.00 bits per heavy atom. The predicted molar refractivity (Wildman–Crippen MR) is 95.4 cm³/mol. The van der Waals surface area contributed by atoms with E-state index in [0.29, 0.717) is 0 Å². The molecule has 0 unspecified atom stereocenters. The molecule has 1 aromatic heterocycles. The third kappa shape index (κ3) is 4.04. The summed E-state index contributed by atoms with van der Waals surface area (Å²) in [6.07, 6.45) is 7.42. The van der Waals surface area contributed by atoms with Crippen molar-refractivity contribution in [2.75, 3.05) is 11.9 Å². The van der Waals surface area contributed by atoms with Gasteiger partial charge in [-0.25, -0.2) is 4.98 Å². The van der Waals surface area contributed by atoms with Crippen LogP contribution in [0, 0.1) is 5.92 Å². The predicted octanol–water partition coefficient (Wildman–Crippen LogP) is 4.86. The number of aromatic nitrogens is 1. The van der Waals surface area contributed by atoms with Crippen molar-refractivity contribution in [2.45, 2.75) is 38.1 Å². The van der Waals surface area contributed by atoms with Gasteiger partial charge >= 0.3 is 0 Å². The van der Waals surface area contributed by atoms with Crippen LogP contribution >= 0.6 is 11.6 Å². The van der Waals surface area contributed by atoms with Crippen LogP contribution in [0.15, 0.2) is 36.5 Å².